The molecule has 2 heterocycles. The van der Waals surface area contributed by atoms with Crippen LogP contribution in [0.5, 0.6) is 0 Å². The van der Waals surface area contributed by atoms with Crippen molar-refractivity contribution in [1.82, 2.24) is 4.98 Å². The second-order valence-electron chi connectivity index (χ2n) is 4.81. The molecule has 3 rings (SSSR count). The number of nitrogens with zero attached hydrogens (tertiary/aromatic N) is 2. The molecule has 2 nitrogen and oxygen atoms in total. The van der Waals surface area contributed by atoms with E-state index in [4.69, 9.17) is 0 Å². The van der Waals surface area contributed by atoms with Gasteiger partial charge >= 0.3 is 0 Å². The van der Waals surface area contributed by atoms with Gasteiger partial charge in [-0.05, 0) is 37.1 Å². The first kappa shape index (κ1) is 12.5. The van der Waals surface area contributed by atoms with Crippen LogP contribution in [-0.4, -0.2) is 23.3 Å². The van der Waals surface area contributed by atoms with Crippen LogP contribution >= 0.6 is 11.8 Å². The average molecular weight is 270 g/mol. The number of anilines is 1. The second kappa shape index (κ2) is 6.11. The first-order chi connectivity index (χ1) is 9.42. The van der Waals surface area contributed by atoms with Gasteiger partial charge in [-0.15, -0.1) is 11.8 Å². The summed E-state index contributed by atoms with van der Waals surface area (Å²) in [5.74, 6) is 1.12. The van der Waals surface area contributed by atoms with Crippen molar-refractivity contribution in [3.63, 3.8) is 0 Å². The van der Waals surface area contributed by atoms with E-state index in [1.807, 2.05) is 24.0 Å². The zero-order valence-electron chi connectivity index (χ0n) is 10.9. The minimum atomic E-state index is 0.738. The van der Waals surface area contributed by atoms with Crippen LogP contribution in [0.4, 0.5) is 5.82 Å². The summed E-state index contributed by atoms with van der Waals surface area (Å²) in [4.78, 5) is 8.21. The Kier molecular flexibility index (Phi) is 4.04. The van der Waals surface area contributed by atoms with Crippen LogP contribution in [-0.2, 0) is 0 Å². The van der Waals surface area contributed by atoms with E-state index in [1.54, 1.807) is 0 Å². The van der Waals surface area contributed by atoms with Crippen LogP contribution in [0.2, 0.25) is 0 Å². The maximum atomic E-state index is 4.43. The van der Waals surface area contributed by atoms with Crippen LogP contribution in [0.1, 0.15) is 12.8 Å². The summed E-state index contributed by atoms with van der Waals surface area (Å²) >= 11 is 2.01. The Hall–Kier alpha value is -1.48. The molecule has 0 aliphatic carbocycles. The van der Waals surface area contributed by atoms with Gasteiger partial charge in [-0.3, -0.25) is 0 Å². The van der Waals surface area contributed by atoms with E-state index in [9.17, 15) is 0 Å². The van der Waals surface area contributed by atoms with Crippen molar-refractivity contribution in [3.05, 3.63) is 54.7 Å². The highest BCUT2D eigenvalue weighted by atomic mass is 32.2. The molecule has 3 heteroatoms. The Bertz CT molecular complexity index is 493. The highest BCUT2D eigenvalue weighted by Crippen LogP contribution is 2.31. The highest BCUT2D eigenvalue weighted by Gasteiger charge is 2.20. The van der Waals surface area contributed by atoms with Gasteiger partial charge in [0.1, 0.15) is 5.82 Å². The number of hydrogen-bond donors (Lipinski definition) is 0. The van der Waals surface area contributed by atoms with Crippen LogP contribution in [0.15, 0.2) is 59.6 Å². The summed E-state index contributed by atoms with van der Waals surface area (Å²) in [7, 11) is 0. The fraction of sp³-hybridized carbons (Fsp3) is 0.312. The van der Waals surface area contributed by atoms with E-state index in [-0.39, 0.29) is 0 Å². The fourth-order valence-electron chi connectivity index (χ4n) is 2.44. The number of piperidine rings is 1. The molecule has 0 saturated carbocycles. The van der Waals surface area contributed by atoms with Crippen molar-refractivity contribution in [2.75, 3.05) is 18.0 Å². The van der Waals surface area contributed by atoms with Gasteiger partial charge in [-0.25, -0.2) is 4.98 Å². The average Bonchev–Trinajstić information content (AvgIpc) is 2.50. The van der Waals surface area contributed by atoms with Crippen LogP contribution in [0.25, 0.3) is 0 Å². The van der Waals surface area contributed by atoms with Gasteiger partial charge in [-0.2, -0.15) is 0 Å². The third-order valence-corrected chi connectivity index (χ3v) is 4.81. The number of pyridine rings is 1. The summed E-state index contributed by atoms with van der Waals surface area (Å²) in [6.07, 6.45) is 4.34. The zero-order chi connectivity index (χ0) is 12.9. The molecule has 1 fully saturated rings. The minimum absolute atomic E-state index is 0.738. The molecule has 0 radical (unpaired) electrons. The predicted octanol–water partition coefficient (Wildman–Crippen LogP) is 3.84. The Labute approximate surface area is 118 Å². The van der Waals surface area contributed by atoms with Crippen LogP contribution in [0, 0.1) is 0 Å². The molecule has 1 aliphatic heterocycles. The minimum Gasteiger partial charge on any atom is -0.357 e. The zero-order valence-corrected chi connectivity index (χ0v) is 11.7. The van der Waals surface area contributed by atoms with E-state index in [0.29, 0.717) is 0 Å². The van der Waals surface area contributed by atoms with Gasteiger partial charge in [0, 0.05) is 29.4 Å². The van der Waals surface area contributed by atoms with Gasteiger partial charge in [-0.1, -0.05) is 24.3 Å². The molecular formula is C16H18N2S. The maximum absolute atomic E-state index is 4.43. The summed E-state index contributed by atoms with van der Waals surface area (Å²) in [5.41, 5.74) is 0. The van der Waals surface area contributed by atoms with Crippen LogP contribution < -0.4 is 4.90 Å². The number of thioether (sulfide) groups is 1. The second-order valence-corrected chi connectivity index (χ2v) is 6.18. The van der Waals surface area contributed by atoms with E-state index >= 15 is 0 Å². The summed E-state index contributed by atoms with van der Waals surface area (Å²) in [6, 6.07) is 16.9. The van der Waals surface area contributed by atoms with E-state index in [1.165, 1.54) is 17.7 Å². The summed E-state index contributed by atoms with van der Waals surface area (Å²) in [5, 5.41) is 0.738. The lowest BCUT2D eigenvalue weighted by atomic mass is 10.1. The molecule has 0 amide bonds. The monoisotopic (exact) mass is 270 g/mol. The van der Waals surface area contributed by atoms with Crippen molar-refractivity contribution in [3.8, 4) is 0 Å². The number of rotatable bonds is 3. The molecule has 0 atom stereocenters. The van der Waals surface area contributed by atoms with Gasteiger partial charge < -0.3 is 4.90 Å². The largest absolute Gasteiger partial charge is 0.357 e. The Morgan fingerprint density at radius 1 is 0.947 bits per heavy atom. The number of aromatic nitrogens is 1. The lowest BCUT2D eigenvalue weighted by molar-refractivity contribution is 0.586. The molecule has 19 heavy (non-hydrogen) atoms. The Morgan fingerprint density at radius 3 is 2.37 bits per heavy atom. The maximum Gasteiger partial charge on any atom is 0.128 e. The molecular weight excluding hydrogens is 252 g/mol. The number of hydrogen-bond acceptors (Lipinski definition) is 3. The van der Waals surface area contributed by atoms with E-state index in [0.717, 1.165) is 24.2 Å². The lowest BCUT2D eigenvalue weighted by Gasteiger charge is -2.32. The molecule has 0 bridgehead atoms. The molecule has 98 valence electrons. The fourth-order valence-corrected chi connectivity index (χ4v) is 3.58. The third kappa shape index (κ3) is 3.29. The topological polar surface area (TPSA) is 16.1 Å². The molecule has 0 spiro atoms. The standard InChI is InChI=1S/C16H18N2S/c1-2-6-14(7-3-1)19-15-9-12-18(13-10-15)16-8-4-5-11-17-16/h1-8,11,15H,9-10,12-13H2. The predicted molar refractivity (Wildman–Crippen MR) is 81.8 cm³/mol. The van der Waals surface area contributed by atoms with Gasteiger partial charge in [0.05, 0.1) is 0 Å². The van der Waals surface area contributed by atoms with Crippen LogP contribution in [0.3, 0.4) is 0 Å². The highest BCUT2D eigenvalue weighted by molar-refractivity contribution is 8.00. The quantitative estimate of drug-likeness (QED) is 0.843. The van der Waals surface area contributed by atoms with Crippen molar-refractivity contribution in [2.24, 2.45) is 0 Å². The van der Waals surface area contributed by atoms with E-state index in [2.05, 4.69) is 52.3 Å². The van der Waals surface area contributed by atoms with Crippen molar-refractivity contribution in [1.29, 1.82) is 0 Å². The van der Waals surface area contributed by atoms with Gasteiger partial charge in [0.2, 0.25) is 0 Å². The molecule has 0 N–H and O–H groups in total. The van der Waals surface area contributed by atoms with Crippen molar-refractivity contribution < 1.29 is 0 Å². The van der Waals surface area contributed by atoms with Crippen molar-refractivity contribution >= 4 is 17.6 Å². The molecule has 1 saturated heterocycles. The first-order valence-corrected chi connectivity index (χ1v) is 7.67. The third-order valence-electron chi connectivity index (χ3n) is 3.46. The normalized spacial score (nSPS) is 16.5. The molecule has 0 unspecified atom stereocenters. The number of benzene rings is 1. The van der Waals surface area contributed by atoms with Gasteiger partial charge in [0.15, 0.2) is 0 Å². The Morgan fingerprint density at radius 2 is 1.68 bits per heavy atom. The molecule has 1 aliphatic rings. The Balaban J connectivity index is 1.55. The van der Waals surface area contributed by atoms with Gasteiger partial charge in [0.25, 0.3) is 0 Å². The van der Waals surface area contributed by atoms with E-state index < -0.39 is 0 Å². The summed E-state index contributed by atoms with van der Waals surface area (Å²) < 4.78 is 0. The SMILES string of the molecule is c1ccc(SC2CCN(c3ccccn3)CC2)cc1. The lowest BCUT2D eigenvalue weighted by Crippen LogP contribution is -2.35. The smallest absolute Gasteiger partial charge is 0.128 e. The molecule has 1 aromatic heterocycles. The summed E-state index contributed by atoms with van der Waals surface area (Å²) in [6.45, 7) is 2.23. The van der Waals surface area contributed by atoms with Crippen molar-refractivity contribution in [2.45, 2.75) is 23.0 Å². The molecule has 2 aromatic rings. The first-order valence-electron chi connectivity index (χ1n) is 6.79. The molecule has 1 aromatic carbocycles.